The Morgan fingerprint density at radius 3 is 2.47 bits per heavy atom. The molecule has 1 heterocycles. The van der Waals surface area contributed by atoms with Crippen molar-refractivity contribution in [3.05, 3.63) is 0 Å². The van der Waals surface area contributed by atoms with Gasteiger partial charge in [0.1, 0.15) is 0 Å². The van der Waals surface area contributed by atoms with Crippen LogP contribution in [0.5, 0.6) is 0 Å². The average Bonchev–Trinajstić information content (AvgIpc) is 2.14. The molecule has 1 saturated heterocycles. The molecule has 0 aromatic carbocycles. The molecule has 0 bridgehead atoms. The molecule has 1 aliphatic rings. The lowest BCUT2D eigenvalue weighted by atomic mass is 9.92. The quantitative estimate of drug-likeness (QED) is 0.695. The molecule has 1 rings (SSSR count). The highest BCUT2D eigenvalue weighted by molar-refractivity contribution is 5.04. The minimum Gasteiger partial charge on any atom is -0.309 e. The van der Waals surface area contributed by atoms with E-state index in [0.29, 0.717) is 12.0 Å². The van der Waals surface area contributed by atoms with Crippen LogP contribution in [0.1, 0.15) is 34.6 Å². The predicted molar refractivity (Wildman–Crippen MR) is 65.7 cm³/mol. The maximum atomic E-state index is 5.54. The summed E-state index contributed by atoms with van der Waals surface area (Å²) in [6.45, 7) is 13.2. The minimum absolute atomic E-state index is 0.177. The minimum atomic E-state index is 0.177. The van der Waals surface area contributed by atoms with Crippen LogP contribution in [-0.2, 0) is 0 Å². The van der Waals surface area contributed by atoms with Gasteiger partial charge in [-0.3, -0.25) is 4.90 Å². The van der Waals surface area contributed by atoms with E-state index in [2.05, 4.69) is 50.8 Å². The van der Waals surface area contributed by atoms with E-state index in [1.54, 1.807) is 0 Å². The van der Waals surface area contributed by atoms with Crippen molar-refractivity contribution < 1.29 is 0 Å². The van der Waals surface area contributed by atoms with Crippen LogP contribution < -0.4 is 5.32 Å². The Labute approximate surface area is 94.4 Å². The summed E-state index contributed by atoms with van der Waals surface area (Å²) in [6, 6.07) is 0.794. The normalized spacial score (nSPS) is 28.7. The lowest BCUT2D eigenvalue weighted by Gasteiger charge is -2.47. The summed E-state index contributed by atoms with van der Waals surface area (Å²) in [7, 11) is 0. The molecule has 1 aliphatic heterocycles. The molecule has 0 amide bonds. The molecule has 86 valence electrons. The van der Waals surface area contributed by atoms with Crippen molar-refractivity contribution in [2.75, 3.05) is 13.1 Å². The van der Waals surface area contributed by atoms with Crippen LogP contribution >= 0.6 is 0 Å². The molecule has 2 heteroatoms. The van der Waals surface area contributed by atoms with Crippen LogP contribution in [-0.4, -0.2) is 35.6 Å². The molecule has 0 saturated carbocycles. The Hall–Kier alpha value is -0.520. The predicted octanol–water partition coefficient (Wildman–Crippen LogP) is 1.72. The zero-order valence-corrected chi connectivity index (χ0v) is 10.7. The van der Waals surface area contributed by atoms with Crippen molar-refractivity contribution in [1.29, 1.82) is 0 Å². The van der Waals surface area contributed by atoms with E-state index in [9.17, 15) is 0 Å². The lowest BCUT2D eigenvalue weighted by Crippen LogP contribution is -2.64. The first-order valence-corrected chi connectivity index (χ1v) is 5.84. The molecule has 1 N–H and O–H groups in total. The molecule has 0 aromatic rings. The monoisotopic (exact) mass is 208 g/mol. The van der Waals surface area contributed by atoms with E-state index < -0.39 is 0 Å². The van der Waals surface area contributed by atoms with Crippen molar-refractivity contribution in [1.82, 2.24) is 10.2 Å². The highest BCUT2D eigenvalue weighted by Crippen LogP contribution is 2.22. The fourth-order valence-corrected chi connectivity index (χ4v) is 2.27. The number of nitrogens with zero attached hydrogens (tertiary/aromatic N) is 1. The fraction of sp³-hybridized carbons (Fsp3) is 0.846. The summed E-state index contributed by atoms with van der Waals surface area (Å²) >= 11 is 0. The number of terminal acetylenes is 1. The number of rotatable bonds is 2. The van der Waals surface area contributed by atoms with Gasteiger partial charge in [0.15, 0.2) is 0 Å². The van der Waals surface area contributed by atoms with Crippen LogP contribution in [0.4, 0.5) is 0 Å². The summed E-state index contributed by atoms with van der Waals surface area (Å²) in [4.78, 5) is 2.46. The summed E-state index contributed by atoms with van der Waals surface area (Å²) < 4.78 is 0. The summed E-state index contributed by atoms with van der Waals surface area (Å²) in [5.74, 6) is 3.50. The Kier molecular flexibility index (Phi) is 3.81. The standard InChI is InChI=1S/C13H24N2/c1-7-11(4)15-9-13(5,6)14-8-12(15)10(2)3/h1,10-12,14H,8-9H2,2-6H3. The van der Waals surface area contributed by atoms with Crippen LogP contribution in [0.3, 0.4) is 0 Å². The third-order valence-electron chi connectivity index (χ3n) is 3.30. The van der Waals surface area contributed by atoms with Crippen molar-refractivity contribution in [3.8, 4) is 12.3 Å². The van der Waals surface area contributed by atoms with E-state index in [1.165, 1.54) is 0 Å². The van der Waals surface area contributed by atoms with Crippen LogP contribution in [0.2, 0.25) is 0 Å². The van der Waals surface area contributed by atoms with E-state index in [0.717, 1.165) is 13.1 Å². The highest BCUT2D eigenvalue weighted by Gasteiger charge is 2.35. The van der Waals surface area contributed by atoms with Gasteiger partial charge in [0.2, 0.25) is 0 Å². The van der Waals surface area contributed by atoms with Gasteiger partial charge in [-0.1, -0.05) is 19.8 Å². The summed E-state index contributed by atoms with van der Waals surface area (Å²) in [6.07, 6.45) is 5.54. The van der Waals surface area contributed by atoms with E-state index in [-0.39, 0.29) is 11.6 Å². The van der Waals surface area contributed by atoms with Gasteiger partial charge in [0.05, 0.1) is 6.04 Å². The van der Waals surface area contributed by atoms with Crippen molar-refractivity contribution >= 4 is 0 Å². The number of hydrogen-bond acceptors (Lipinski definition) is 2. The van der Waals surface area contributed by atoms with Gasteiger partial charge in [-0.25, -0.2) is 0 Å². The van der Waals surface area contributed by atoms with Crippen molar-refractivity contribution in [3.63, 3.8) is 0 Å². The molecule has 0 radical (unpaired) electrons. The molecule has 2 unspecified atom stereocenters. The Morgan fingerprint density at radius 1 is 1.40 bits per heavy atom. The number of nitrogens with one attached hydrogen (secondary N) is 1. The van der Waals surface area contributed by atoms with Gasteiger partial charge in [-0.15, -0.1) is 6.42 Å². The summed E-state index contributed by atoms with van der Waals surface area (Å²) in [5, 5.41) is 3.59. The SMILES string of the molecule is C#CC(C)N1CC(C)(C)NCC1C(C)C. The van der Waals surface area contributed by atoms with E-state index >= 15 is 0 Å². The number of piperazine rings is 1. The van der Waals surface area contributed by atoms with Gasteiger partial charge in [0, 0.05) is 24.7 Å². The Bertz CT molecular complexity index is 250. The Balaban J connectivity index is 2.79. The molecule has 2 nitrogen and oxygen atoms in total. The molecule has 2 atom stereocenters. The average molecular weight is 208 g/mol. The zero-order chi connectivity index (χ0) is 11.6. The first-order chi connectivity index (χ1) is 6.87. The molecular formula is C13H24N2. The van der Waals surface area contributed by atoms with Crippen molar-refractivity contribution in [2.24, 2.45) is 5.92 Å². The molecule has 15 heavy (non-hydrogen) atoms. The van der Waals surface area contributed by atoms with Gasteiger partial charge in [-0.2, -0.15) is 0 Å². The second-order valence-corrected chi connectivity index (χ2v) is 5.59. The van der Waals surface area contributed by atoms with Gasteiger partial charge < -0.3 is 5.32 Å². The first-order valence-electron chi connectivity index (χ1n) is 5.84. The third kappa shape index (κ3) is 2.96. The van der Waals surface area contributed by atoms with Gasteiger partial charge in [-0.05, 0) is 26.7 Å². The Morgan fingerprint density at radius 2 is 2.00 bits per heavy atom. The second-order valence-electron chi connectivity index (χ2n) is 5.59. The van der Waals surface area contributed by atoms with Crippen LogP contribution in [0, 0.1) is 18.3 Å². The zero-order valence-electron chi connectivity index (χ0n) is 10.7. The fourth-order valence-electron chi connectivity index (χ4n) is 2.27. The molecule has 0 aliphatic carbocycles. The highest BCUT2D eigenvalue weighted by atomic mass is 15.3. The topological polar surface area (TPSA) is 15.3 Å². The molecule has 1 fully saturated rings. The summed E-state index contributed by atoms with van der Waals surface area (Å²) in [5.41, 5.74) is 0.177. The maximum Gasteiger partial charge on any atom is 0.0686 e. The van der Waals surface area contributed by atoms with Crippen molar-refractivity contribution in [2.45, 2.75) is 52.2 Å². The third-order valence-corrected chi connectivity index (χ3v) is 3.30. The molecule has 0 aromatic heterocycles. The van der Waals surface area contributed by atoms with E-state index in [4.69, 9.17) is 6.42 Å². The maximum absolute atomic E-state index is 5.54. The number of hydrogen-bond donors (Lipinski definition) is 1. The lowest BCUT2D eigenvalue weighted by molar-refractivity contribution is 0.0553. The van der Waals surface area contributed by atoms with Gasteiger partial charge >= 0.3 is 0 Å². The molecular weight excluding hydrogens is 184 g/mol. The van der Waals surface area contributed by atoms with Crippen LogP contribution in [0.25, 0.3) is 0 Å². The second kappa shape index (κ2) is 4.55. The largest absolute Gasteiger partial charge is 0.309 e. The van der Waals surface area contributed by atoms with Gasteiger partial charge in [0.25, 0.3) is 0 Å². The molecule has 0 spiro atoms. The first kappa shape index (κ1) is 12.5. The van der Waals surface area contributed by atoms with Crippen LogP contribution in [0.15, 0.2) is 0 Å². The smallest absolute Gasteiger partial charge is 0.0686 e. The van der Waals surface area contributed by atoms with E-state index in [1.807, 2.05) is 0 Å².